The van der Waals surface area contributed by atoms with Gasteiger partial charge in [0.15, 0.2) is 0 Å². The number of hydrazone groups is 1. The van der Waals surface area contributed by atoms with Crippen molar-refractivity contribution in [3.63, 3.8) is 0 Å². The molecule has 0 aliphatic carbocycles. The fraction of sp³-hybridized carbons (Fsp3) is 0.571. The number of carbonyl (C=O) groups is 2. The first kappa shape index (κ1) is 11.6. The van der Waals surface area contributed by atoms with E-state index in [4.69, 9.17) is 5.73 Å². The van der Waals surface area contributed by atoms with Crippen LogP contribution in [0.4, 0.5) is 0 Å². The van der Waals surface area contributed by atoms with Gasteiger partial charge in [0.1, 0.15) is 0 Å². The first-order valence-electron chi connectivity index (χ1n) is 3.68. The number of ether oxygens (including phenoxy) is 1. The zero-order chi connectivity index (χ0) is 10.3. The number of nitrogens with two attached hydrogens (primary N) is 1. The van der Waals surface area contributed by atoms with Gasteiger partial charge < -0.3 is 10.5 Å². The van der Waals surface area contributed by atoms with Crippen molar-refractivity contribution in [3.05, 3.63) is 0 Å². The number of hydrogen-bond acceptors (Lipinski definition) is 5. The quantitative estimate of drug-likeness (QED) is 0.335. The predicted molar refractivity (Wildman–Crippen MR) is 46.9 cm³/mol. The molecule has 74 valence electrons. The number of rotatable bonds is 4. The Morgan fingerprint density at radius 2 is 2.31 bits per heavy atom. The minimum Gasteiger partial charge on any atom is -0.469 e. The Hall–Kier alpha value is -1.43. The normalized spacial score (nSPS) is 12.5. The molecule has 0 heterocycles. The number of esters is 1. The number of methoxy groups -OCH3 is 1. The summed E-state index contributed by atoms with van der Waals surface area (Å²) in [5.41, 5.74) is 7.60. The van der Waals surface area contributed by atoms with Crippen LogP contribution in [-0.4, -0.2) is 31.2 Å². The second-order valence-electron chi connectivity index (χ2n) is 2.39. The number of hydrogen-bond donors (Lipinski definition) is 2. The van der Waals surface area contributed by atoms with Gasteiger partial charge in [-0.25, -0.2) is 5.43 Å². The van der Waals surface area contributed by atoms with Crippen molar-refractivity contribution in [1.29, 1.82) is 0 Å². The fourth-order valence-corrected chi connectivity index (χ4v) is 0.552. The zero-order valence-corrected chi connectivity index (χ0v) is 7.61. The highest BCUT2D eigenvalue weighted by Gasteiger charge is 2.06. The van der Waals surface area contributed by atoms with Crippen LogP contribution in [0, 0.1) is 0 Å². The maximum Gasteiger partial charge on any atom is 0.307 e. The fourth-order valence-electron chi connectivity index (χ4n) is 0.552. The van der Waals surface area contributed by atoms with Crippen LogP contribution in [0.1, 0.15) is 13.3 Å². The van der Waals surface area contributed by atoms with Gasteiger partial charge in [-0.1, -0.05) is 0 Å². The van der Waals surface area contributed by atoms with Crippen molar-refractivity contribution in [2.24, 2.45) is 10.8 Å². The van der Waals surface area contributed by atoms with Crippen LogP contribution in [0.25, 0.3) is 0 Å². The molecule has 1 unspecified atom stereocenters. The number of carbonyl (C=O) groups excluding carboxylic acids is 2. The predicted octanol–water partition coefficient (Wildman–Crippen LogP) is -1.00. The minimum atomic E-state index is -0.542. The molecule has 0 aliphatic rings. The summed E-state index contributed by atoms with van der Waals surface area (Å²) in [6.07, 6.45) is 1.32. The molecule has 0 spiro atoms. The van der Waals surface area contributed by atoms with Gasteiger partial charge in [0, 0.05) is 13.1 Å². The van der Waals surface area contributed by atoms with Gasteiger partial charge in [0.05, 0.1) is 19.6 Å². The second-order valence-corrected chi connectivity index (χ2v) is 2.39. The monoisotopic (exact) mass is 187 g/mol. The van der Waals surface area contributed by atoms with Crippen molar-refractivity contribution in [3.8, 4) is 0 Å². The van der Waals surface area contributed by atoms with Crippen LogP contribution in [0.3, 0.4) is 0 Å². The Morgan fingerprint density at radius 1 is 1.69 bits per heavy atom. The van der Waals surface area contributed by atoms with Gasteiger partial charge in [-0.2, -0.15) is 5.10 Å². The standard InChI is InChI=1S/C7H13N3O3/c1-5(11)10-9-4-6(8)3-7(12)13-2/h4,6H,3,8H2,1-2H3,(H,10,11)/b9-4-. The van der Waals surface area contributed by atoms with Crippen LogP contribution in [0.2, 0.25) is 0 Å². The molecule has 0 bridgehead atoms. The van der Waals surface area contributed by atoms with E-state index in [-0.39, 0.29) is 12.3 Å². The van der Waals surface area contributed by atoms with Gasteiger partial charge in [-0.15, -0.1) is 0 Å². The van der Waals surface area contributed by atoms with Crippen LogP contribution >= 0.6 is 0 Å². The summed E-state index contributed by atoms with van der Waals surface area (Å²) < 4.78 is 4.38. The van der Waals surface area contributed by atoms with Crippen molar-refractivity contribution in [1.82, 2.24) is 5.43 Å². The molecule has 0 aromatic heterocycles. The summed E-state index contributed by atoms with van der Waals surface area (Å²) >= 11 is 0. The maximum atomic E-state index is 10.7. The molecule has 3 N–H and O–H groups in total. The summed E-state index contributed by atoms with van der Waals surface area (Å²) in [6, 6.07) is -0.542. The highest BCUT2D eigenvalue weighted by Crippen LogP contribution is 1.87. The van der Waals surface area contributed by atoms with Gasteiger partial charge in [0.2, 0.25) is 5.91 Å². The molecule has 1 atom stereocenters. The molecule has 1 amide bonds. The van der Waals surface area contributed by atoms with E-state index in [9.17, 15) is 9.59 Å². The second kappa shape index (κ2) is 6.13. The molecule has 13 heavy (non-hydrogen) atoms. The Labute approximate surface area is 76.1 Å². The van der Waals surface area contributed by atoms with E-state index in [1.165, 1.54) is 20.2 Å². The van der Waals surface area contributed by atoms with Crippen molar-refractivity contribution >= 4 is 18.1 Å². The molecular formula is C7H13N3O3. The average molecular weight is 187 g/mol. The third-order valence-corrected chi connectivity index (χ3v) is 1.12. The van der Waals surface area contributed by atoms with E-state index in [0.717, 1.165) is 0 Å². The molecule has 6 heteroatoms. The largest absolute Gasteiger partial charge is 0.469 e. The summed E-state index contributed by atoms with van der Waals surface area (Å²) in [6.45, 7) is 1.32. The topological polar surface area (TPSA) is 93.8 Å². The van der Waals surface area contributed by atoms with Crippen LogP contribution < -0.4 is 11.2 Å². The molecule has 0 radical (unpaired) electrons. The van der Waals surface area contributed by atoms with E-state index in [0.29, 0.717) is 0 Å². The molecule has 0 aromatic carbocycles. The Morgan fingerprint density at radius 3 is 2.77 bits per heavy atom. The molecule has 0 fully saturated rings. The molecular weight excluding hydrogens is 174 g/mol. The van der Waals surface area contributed by atoms with Crippen molar-refractivity contribution in [2.45, 2.75) is 19.4 Å². The van der Waals surface area contributed by atoms with E-state index in [1.807, 2.05) is 0 Å². The molecule has 0 aliphatic heterocycles. The SMILES string of the molecule is COC(=O)CC(N)/C=N\NC(C)=O. The highest BCUT2D eigenvalue weighted by molar-refractivity contribution is 5.78. The summed E-state index contributed by atoms with van der Waals surface area (Å²) in [4.78, 5) is 21.0. The average Bonchev–Trinajstić information content (AvgIpc) is 2.03. The van der Waals surface area contributed by atoms with Crippen LogP contribution in [-0.2, 0) is 14.3 Å². The molecule has 0 saturated carbocycles. The third-order valence-electron chi connectivity index (χ3n) is 1.12. The lowest BCUT2D eigenvalue weighted by atomic mass is 10.2. The Bertz CT molecular complexity index is 215. The summed E-state index contributed by atoms with van der Waals surface area (Å²) in [5.74, 6) is -0.705. The number of nitrogens with one attached hydrogen (secondary N) is 1. The third kappa shape index (κ3) is 6.95. The Balaban J connectivity index is 3.73. The van der Waals surface area contributed by atoms with Crippen LogP contribution in [0.15, 0.2) is 5.10 Å². The van der Waals surface area contributed by atoms with Crippen molar-refractivity contribution < 1.29 is 14.3 Å². The lowest BCUT2D eigenvalue weighted by Gasteiger charge is -2.02. The van der Waals surface area contributed by atoms with E-state index < -0.39 is 12.0 Å². The highest BCUT2D eigenvalue weighted by atomic mass is 16.5. The molecule has 0 rings (SSSR count). The van der Waals surface area contributed by atoms with E-state index >= 15 is 0 Å². The summed E-state index contributed by atoms with van der Waals surface area (Å²) in [5, 5.41) is 3.50. The molecule has 0 saturated heterocycles. The maximum absolute atomic E-state index is 10.7. The van der Waals surface area contributed by atoms with Gasteiger partial charge in [-0.3, -0.25) is 9.59 Å². The Kier molecular flexibility index (Phi) is 5.45. The lowest BCUT2D eigenvalue weighted by molar-refractivity contribution is -0.140. The number of amides is 1. The van der Waals surface area contributed by atoms with Gasteiger partial charge in [0.25, 0.3) is 0 Å². The van der Waals surface area contributed by atoms with Crippen LogP contribution in [0.5, 0.6) is 0 Å². The van der Waals surface area contributed by atoms with E-state index in [2.05, 4.69) is 15.3 Å². The first-order chi connectivity index (χ1) is 6.06. The number of nitrogens with zero attached hydrogens (tertiary/aromatic N) is 1. The van der Waals surface area contributed by atoms with Gasteiger partial charge in [-0.05, 0) is 0 Å². The van der Waals surface area contributed by atoms with E-state index in [1.54, 1.807) is 0 Å². The minimum absolute atomic E-state index is 0.0413. The zero-order valence-electron chi connectivity index (χ0n) is 7.61. The van der Waals surface area contributed by atoms with Gasteiger partial charge >= 0.3 is 5.97 Å². The van der Waals surface area contributed by atoms with Crippen molar-refractivity contribution in [2.75, 3.05) is 7.11 Å². The lowest BCUT2D eigenvalue weighted by Crippen LogP contribution is -2.27. The molecule has 0 aromatic rings. The molecule has 6 nitrogen and oxygen atoms in total. The smallest absolute Gasteiger partial charge is 0.307 e. The first-order valence-corrected chi connectivity index (χ1v) is 3.68. The summed E-state index contributed by atoms with van der Waals surface area (Å²) in [7, 11) is 1.28.